The van der Waals surface area contributed by atoms with Gasteiger partial charge >= 0.3 is 0 Å². The average Bonchev–Trinajstić information content (AvgIpc) is 2.90. The number of hydrazine groups is 1. The van der Waals surface area contributed by atoms with Crippen molar-refractivity contribution in [3.05, 3.63) is 80.7 Å². The SMILES string of the molecule is O=C(NN1C(=O)/C(=C/c2ccccc2[N+](=O)[O-])SC1=S)c1ccccc1. The number of thiocarbonyl (C=S) groups is 1. The number of carbonyl (C=O) groups excluding carboxylic acids is 2. The van der Waals surface area contributed by atoms with Gasteiger partial charge < -0.3 is 0 Å². The summed E-state index contributed by atoms with van der Waals surface area (Å²) in [7, 11) is 0. The van der Waals surface area contributed by atoms with Crippen LogP contribution in [-0.4, -0.2) is 26.1 Å². The Labute approximate surface area is 157 Å². The van der Waals surface area contributed by atoms with Crippen molar-refractivity contribution in [3.8, 4) is 0 Å². The van der Waals surface area contributed by atoms with E-state index >= 15 is 0 Å². The lowest BCUT2D eigenvalue weighted by Crippen LogP contribution is -2.44. The van der Waals surface area contributed by atoms with Crippen molar-refractivity contribution in [2.45, 2.75) is 0 Å². The molecule has 1 aliphatic rings. The molecular weight excluding hydrogens is 374 g/mol. The van der Waals surface area contributed by atoms with Crippen LogP contribution in [0.1, 0.15) is 15.9 Å². The summed E-state index contributed by atoms with van der Waals surface area (Å²) in [5, 5.41) is 12.1. The molecule has 0 aromatic heterocycles. The maximum atomic E-state index is 12.5. The Bertz CT molecular complexity index is 944. The van der Waals surface area contributed by atoms with Gasteiger partial charge in [0.25, 0.3) is 17.5 Å². The first kappa shape index (κ1) is 17.8. The highest BCUT2D eigenvalue weighted by atomic mass is 32.2. The minimum Gasteiger partial charge on any atom is -0.267 e. The Hall–Kier alpha value is -3.04. The molecule has 0 spiro atoms. The Morgan fingerprint density at radius 3 is 2.50 bits per heavy atom. The van der Waals surface area contributed by atoms with Crippen LogP contribution in [0.2, 0.25) is 0 Å². The van der Waals surface area contributed by atoms with Crippen molar-refractivity contribution >= 4 is 51.9 Å². The predicted octanol–water partition coefficient (Wildman–Crippen LogP) is 3.14. The van der Waals surface area contributed by atoms with Crippen LogP contribution in [0.5, 0.6) is 0 Å². The van der Waals surface area contributed by atoms with E-state index in [-0.39, 0.29) is 20.5 Å². The maximum Gasteiger partial charge on any atom is 0.285 e. The number of nitrogens with one attached hydrogen (secondary N) is 1. The third-order valence-electron chi connectivity index (χ3n) is 3.46. The molecule has 0 saturated carbocycles. The van der Waals surface area contributed by atoms with E-state index < -0.39 is 16.7 Å². The lowest BCUT2D eigenvalue weighted by molar-refractivity contribution is -0.385. The van der Waals surface area contributed by atoms with E-state index in [4.69, 9.17) is 12.2 Å². The molecule has 7 nitrogen and oxygen atoms in total. The molecule has 0 unspecified atom stereocenters. The molecule has 0 bridgehead atoms. The summed E-state index contributed by atoms with van der Waals surface area (Å²) < 4.78 is 0.143. The third kappa shape index (κ3) is 3.63. The lowest BCUT2D eigenvalue weighted by atomic mass is 10.1. The molecule has 0 radical (unpaired) electrons. The fourth-order valence-electron chi connectivity index (χ4n) is 2.24. The van der Waals surface area contributed by atoms with Crippen molar-refractivity contribution in [1.82, 2.24) is 10.4 Å². The van der Waals surface area contributed by atoms with Gasteiger partial charge in [0.05, 0.1) is 15.4 Å². The van der Waals surface area contributed by atoms with E-state index in [1.54, 1.807) is 42.5 Å². The van der Waals surface area contributed by atoms with Crippen molar-refractivity contribution < 1.29 is 14.5 Å². The monoisotopic (exact) mass is 385 g/mol. The highest BCUT2D eigenvalue weighted by molar-refractivity contribution is 8.26. The van der Waals surface area contributed by atoms with Gasteiger partial charge in [0.15, 0.2) is 4.32 Å². The van der Waals surface area contributed by atoms with Crippen LogP contribution >= 0.6 is 24.0 Å². The minimum absolute atomic E-state index is 0.119. The molecule has 1 saturated heterocycles. The molecule has 1 aliphatic heterocycles. The fraction of sp³-hybridized carbons (Fsp3) is 0. The van der Waals surface area contributed by atoms with Gasteiger partial charge in [-0.05, 0) is 36.5 Å². The molecule has 1 heterocycles. The summed E-state index contributed by atoms with van der Waals surface area (Å²) >= 11 is 6.11. The van der Waals surface area contributed by atoms with Crippen LogP contribution in [0.3, 0.4) is 0 Å². The van der Waals surface area contributed by atoms with Gasteiger partial charge in [-0.15, -0.1) is 0 Å². The summed E-state index contributed by atoms with van der Waals surface area (Å²) in [5.74, 6) is -1.02. The molecule has 0 aliphatic carbocycles. The average molecular weight is 385 g/mol. The second-order valence-electron chi connectivity index (χ2n) is 5.14. The first-order valence-electron chi connectivity index (χ1n) is 7.35. The quantitative estimate of drug-likeness (QED) is 0.376. The van der Waals surface area contributed by atoms with Gasteiger partial charge in [-0.1, -0.05) is 42.1 Å². The third-order valence-corrected chi connectivity index (χ3v) is 4.77. The standard InChI is InChI=1S/C17H11N3O4S2/c21-15(11-6-2-1-3-7-11)18-19-16(22)14(26-17(19)25)10-12-8-4-5-9-13(12)20(23)24/h1-10H,(H,18,21)/b14-10-. The highest BCUT2D eigenvalue weighted by Gasteiger charge is 2.34. The first-order chi connectivity index (χ1) is 12.5. The zero-order valence-electron chi connectivity index (χ0n) is 13.1. The number of amides is 2. The molecule has 2 amide bonds. The maximum absolute atomic E-state index is 12.5. The normalized spacial score (nSPS) is 15.4. The van der Waals surface area contributed by atoms with Gasteiger partial charge in [0, 0.05) is 11.6 Å². The molecule has 1 N–H and O–H groups in total. The van der Waals surface area contributed by atoms with Crippen molar-refractivity contribution in [2.24, 2.45) is 0 Å². The van der Waals surface area contributed by atoms with Crippen molar-refractivity contribution in [3.63, 3.8) is 0 Å². The van der Waals surface area contributed by atoms with Gasteiger partial charge in [-0.3, -0.25) is 25.1 Å². The molecule has 130 valence electrons. The lowest BCUT2D eigenvalue weighted by Gasteiger charge is -2.15. The van der Waals surface area contributed by atoms with E-state index in [0.29, 0.717) is 5.56 Å². The summed E-state index contributed by atoms with van der Waals surface area (Å²) in [4.78, 5) is 35.5. The second-order valence-corrected chi connectivity index (χ2v) is 6.82. The number of carbonyl (C=O) groups is 2. The number of hydrogen-bond acceptors (Lipinski definition) is 6. The van der Waals surface area contributed by atoms with Crippen LogP contribution in [0.25, 0.3) is 6.08 Å². The Kier molecular flexibility index (Phi) is 5.10. The van der Waals surface area contributed by atoms with E-state index in [9.17, 15) is 19.7 Å². The van der Waals surface area contributed by atoms with Gasteiger partial charge in [0.1, 0.15) is 0 Å². The molecule has 0 atom stereocenters. The smallest absolute Gasteiger partial charge is 0.267 e. The topological polar surface area (TPSA) is 92.6 Å². The molecule has 2 aromatic carbocycles. The molecule has 3 rings (SSSR count). The molecular formula is C17H11N3O4S2. The number of nitrogens with zero attached hydrogens (tertiary/aromatic N) is 2. The number of thioether (sulfide) groups is 1. The number of nitro groups is 1. The molecule has 26 heavy (non-hydrogen) atoms. The van der Waals surface area contributed by atoms with Crippen molar-refractivity contribution in [2.75, 3.05) is 0 Å². The second kappa shape index (κ2) is 7.46. The molecule has 2 aromatic rings. The number of hydrogen-bond donors (Lipinski definition) is 1. The largest absolute Gasteiger partial charge is 0.285 e. The van der Waals surface area contributed by atoms with Crippen LogP contribution in [0.15, 0.2) is 59.5 Å². The zero-order chi connectivity index (χ0) is 18.7. The number of benzene rings is 2. The van der Waals surface area contributed by atoms with Gasteiger partial charge in [-0.2, -0.15) is 5.01 Å². The van der Waals surface area contributed by atoms with E-state index in [2.05, 4.69) is 5.43 Å². The number of nitro benzene ring substituents is 1. The number of rotatable bonds is 4. The van der Waals surface area contributed by atoms with Crippen LogP contribution in [-0.2, 0) is 4.79 Å². The van der Waals surface area contributed by atoms with Crippen LogP contribution < -0.4 is 5.43 Å². The van der Waals surface area contributed by atoms with E-state index in [1.807, 2.05) is 0 Å². The zero-order valence-corrected chi connectivity index (χ0v) is 14.8. The van der Waals surface area contributed by atoms with Gasteiger partial charge in [0.2, 0.25) is 0 Å². The summed E-state index contributed by atoms with van der Waals surface area (Å²) in [5.41, 5.74) is 3.00. The molecule has 1 fully saturated rings. The first-order valence-corrected chi connectivity index (χ1v) is 8.57. The fourth-order valence-corrected chi connectivity index (χ4v) is 3.41. The minimum atomic E-state index is -0.539. The Balaban J connectivity index is 1.83. The highest BCUT2D eigenvalue weighted by Crippen LogP contribution is 2.33. The summed E-state index contributed by atoms with van der Waals surface area (Å²) in [6.07, 6.45) is 1.39. The number of para-hydroxylation sites is 1. The Morgan fingerprint density at radius 2 is 1.81 bits per heavy atom. The predicted molar refractivity (Wildman–Crippen MR) is 102 cm³/mol. The van der Waals surface area contributed by atoms with Gasteiger partial charge in [-0.25, -0.2) is 0 Å². The van der Waals surface area contributed by atoms with Crippen LogP contribution in [0.4, 0.5) is 5.69 Å². The summed E-state index contributed by atoms with van der Waals surface area (Å²) in [6, 6.07) is 14.5. The molecule has 9 heteroatoms. The van der Waals surface area contributed by atoms with Crippen molar-refractivity contribution in [1.29, 1.82) is 0 Å². The summed E-state index contributed by atoms with van der Waals surface area (Å²) in [6.45, 7) is 0. The van der Waals surface area contributed by atoms with E-state index in [1.165, 1.54) is 18.2 Å². The van der Waals surface area contributed by atoms with E-state index in [0.717, 1.165) is 16.8 Å². The van der Waals surface area contributed by atoms with Crippen LogP contribution in [0, 0.1) is 10.1 Å². The Morgan fingerprint density at radius 1 is 1.15 bits per heavy atom.